The van der Waals surface area contributed by atoms with Crippen molar-refractivity contribution in [2.24, 2.45) is 0 Å². The molecule has 0 aliphatic rings. The van der Waals surface area contributed by atoms with Crippen LogP contribution in [0.15, 0.2) is 34.5 Å². The standard InChI is InChI=1S/C14H17ClN2O2S2/c1-10(12-6-4-3-5-7-12)8-9-16-21(18,19)13-11(2)17-14(15)20-13/h3-7,10,16H,8-9H2,1-2H3. The lowest BCUT2D eigenvalue weighted by atomic mass is 9.98. The minimum atomic E-state index is -3.53. The largest absolute Gasteiger partial charge is 0.251 e. The van der Waals surface area contributed by atoms with Crippen LogP contribution in [0.3, 0.4) is 0 Å². The first kappa shape index (κ1) is 16.4. The van der Waals surface area contributed by atoms with Crippen LogP contribution in [0.4, 0.5) is 0 Å². The van der Waals surface area contributed by atoms with Crippen LogP contribution in [-0.4, -0.2) is 19.9 Å². The van der Waals surface area contributed by atoms with E-state index in [-0.39, 0.29) is 8.68 Å². The Morgan fingerprint density at radius 1 is 1.33 bits per heavy atom. The smallest absolute Gasteiger partial charge is 0.229 e. The Balaban J connectivity index is 1.95. The summed E-state index contributed by atoms with van der Waals surface area (Å²) < 4.78 is 27.4. The molecule has 0 spiro atoms. The molecular formula is C14H17ClN2O2S2. The quantitative estimate of drug-likeness (QED) is 0.871. The van der Waals surface area contributed by atoms with E-state index >= 15 is 0 Å². The first-order valence-electron chi connectivity index (χ1n) is 6.57. The summed E-state index contributed by atoms with van der Waals surface area (Å²) in [6.07, 6.45) is 0.731. The summed E-state index contributed by atoms with van der Waals surface area (Å²) in [6, 6.07) is 10.0. The fourth-order valence-electron chi connectivity index (χ4n) is 2.02. The van der Waals surface area contributed by atoms with Crippen molar-refractivity contribution in [1.82, 2.24) is 9.71 Å². The summed E-state index contributed by atoms with van der Waals surface area (Å²) in [6.45, 7) is 4.11. The van der Waals surface area contributed by atoms with Crippen molar-refractivity contribution in [3.63, 3.8) is 0 Å². The van der Waals surface area contributed by atoms with Crippen molar-refractivity contribution >= 4 is 33.0 Å². The van der Waals surface area contributed by atoms with Gasteiger partial charge >= 0.3 is 0 Å². The molecule has 1 aromatic carbocycles. The second kappa shape index (κ2) is 6.87. The van der Waals surface area contributed by atoms with Gasteiger partial charge in [-0.2, -0.15) is 0 Å². The van der Waals surface area contributed by atoms with Crippen LogP contribution < -0.4 is 4.72 Å². The summed E-state index contributed by atoms with van der Waals surface area (Å²) in [5.74, 6) is 0.292. The number of thiazole rings is 1. The van der Waals surface area contributed by atoms with Gasteiger partial charge in [-0.1, -0.05) is 60.2 Å². The number of nitrogens with one attached hydrogen (secondary N) is 1. The third kappa shape index (κ3) is 4.26. The highest BCUT2D eigenvalue weighted by molar-refractivity contribution is 7.91. The highest BCUT2D eigenvalue weighted by Crippen LogP contribution is 2.26. The third-order valence-corrected chi connectivity index (χ3v) is 6.54. The fraction of sp³-hybridized carbons (Fsp3) is 0.357. The molecule has 2 rings (SSSR count). The number of hydrogen-bond acceptors (Lipinski definition) is 4. The van der Waals surface area contributed by atoms with Crippen molar-refractivity contribution < 1.29 is 8.42 Å². The zero-order valence-corrected chi connectivity index (χ0v) is 14.2. The first-order valence-corrected chi connectivity index (χ1v) is 9.25. The molecule has 0 amide bonds. The summed E-state index contributed by atoms with van der Waals surface area (Å²) in [5, 5.41) is 0. The number of rotatable bonds is 6. The molecule has 1 N–H and O–H groups in total. The minimum absolute atomic E-state index is 0.194. The van der Waals surface area contributed by atoms with Gasteiger partial charge in [0.05, 0.1) is 5.69 Å². The highest BCUT2D eigenvalue weighted by atomic mass is 35.5. The van der Waals surface area contributed by atoms with Crippen LogP contribution in [-0.2, 0) is 10.0 Å². The number of aromatic nitrogens is 1. The topological polar surface area (TPSA) is 59.1 Å². The van der Waals surface area contributed by atoms with Gasteiger partial charge in [-0.3, -0.25) is 0 Å². The van der Waals surface area contributed by atoms with Crippen molar-refractivity contribution in [3.05, 3.63) is 46.1 Å². The number of benzene rings is 1. The average molecular weight is 345 g/mol. The van der Waals surface area contributed by atoms with Crippen LogP contribution in [0, 0.1) is 6.92 Å². The Bertz CT molecular complexity index is 699. The van der Waals surface area contributed by atoms with Gasteiger partial charge < -0.3 is 0 Å². The zero-order chi connectivity index (χ0) is 15.5. The monoisotopic (exact) mass is 344 g/mol. The van der Waals surface area contributed by atoms with E-state index in [0.717, 1.165) is 17.8 Å². The highest BCUT2D eigenvalue weighted by Gasteiger charge is 2.21. The van der Waals surface area contributed by atoms with Gasteiger partial charge in [0.15, 0.2) is 8.68 Å². The van der Waals surface area contributed by atoms with Gasteiger partial charge in [0.25, 0.3) is 10.0 Å². The Labute approximate surface area is 134 Å². The number of hydrogen-bond donors (Lipinski definition) is 1. The molecule has 0 aliphatic heterocycles. The van der Waals surface area contributed by atoms with Crippen LogP contribution in [0.5, 0.6) is 0 Å². The molecule has 0 saturated carbocycles. The zero-order valence-electron chi connectivity index (χ0n) is 11.8. The molecule has 1 aromatic heterocycles. The molecule has 21 heavy (non-hydrogen) atoms. The van der Waals surface area contributed by atoms with Crippen LogP contribution in [0.25, 0.3) is 0 Å². The van der Waals surface area contributed by atoms with E-state index in [9.17, 15) is 8.42 Å². The lowest BCUT2D eigenvalue weighted by Crippen LogP contribution is -2.25. The second-order valence-electron chi connectivity index (χ2n) is 4.84. The molecule has 114 valence electrons. The van der Waals surface area contributed by atoms with Crippen molar-refractivity contribution in [2.75, 3.05) is 6.54 Å². The van der Waals surface area contributed by atoms with E-state index in [4.69, 9.17) is 11.6 Å². The Morgan fingerprint density at radius 2 is 2.00 bits per heavy atom. The molecule has 7 heteroatoms. The molecule has 1 heterocycles. The molecule has 0 saturated heterocycles. The number of aryl methyl sites for hydroxylation is 1. The van der Waals surface area contributed by atoms with Gasteiger partial charge in [-0.05, 0) is 24.8 Å². The van der Waals surface area contributed by atoms with E-state index in [0.29, 0.717) is 18.2 Å². The molecule has 0 aliphatic carbocycles. The summed E-state index contributed by atoms with van der Waals surface area (Å²) >= 11 is 6.73. The summed E-state index contributed by atoms with van der Waals surface area (Å²) in [4.78, 5) is 3.93. The number of sulfonamides is 1. The van der Waals surface area contributed by atoms with Gasteiger partial charge in [0.1, 0.15) is 0 Å². The molecule has 4 nitrogen and oxygen atoms in total. The van der Waals surface area contributed by atoms with Crippen molar-refractivity contribution in [1.29, 1.82) is 0 Å². The number of halogens is 1. The third-order valence-electron chi connectivity index (χ3n) is 3.21. The predicted molar refractivity (Wildman–Crippen MR) is 86.5 cm³/mol. The molecule has 0 radical (unpaired) electrons. The lowest BCUT2D eigenvalue weighted by Gasteiger charge is -2.12. The van der Waals surface area contributed by atoms with Crippen LogP contribution in [0.1, 0.15) is 30.5 Å². The Morgan fingerprint density at radius 3 is 2.57 bits per heavy atom. The molecule has 0 fully saturated rings. The SMILES string of the molecule is Cc1nc(Cl)sc1S(=O)(=O)NCCC(C)c1ccccc1. The van der Waals surface area contributed by atoms with Gasteiger partial charge in [-0.25, -0.2) is 18.1 Å². The van der Waals surface area contributed by atoms with Crippen molar-refractivity contribution in [2.45, 2.75) is 30.4 Å². The van der Waals surface area contributed by atoms with E-state index in [1.165, 1.54) is 5.56 Å². The maximum Gasteiger partial charge on any atom is 0.251 e. The summed E-state index contributed by atoms with van der Waals surface area (Å²) in [7, 11) is -3.53. The first-order chi connectivity index (χ1) is 9.90. The van der Waals surface area contributed by atoms with E-state index in [1.54, 1.807) is 6.92 Å². The maximum absolute atomic E-state index is 12.2. The molecule has 1 atom stereocenters. The normalized spacial score (nSPS) is 13.3. The molecule has 1 unspecified atom stereocenters. The van der Waals surface area contributed by atoms with Crippen LogP contribution in [0.2, 0.25) is 4.47 Å². The number of nitrogens with zero attached hydrogens (tertiary/aromatic N) is 1. The lowest BCUT2D eigenvalue weighted by molar-refractivity contribution is 0.574. The fourth-order valence-corrected chi connectivity index (χ4v) is 4.85. The van der Waals surface area contributed by atoms with E-state index < -0.39 is 10.0 Å². The van der Waals surface area contributed by atoms with Crippen LogP contribution >= 0.6 is 22.9 Å². The van der Waals surface area contributed by atoms with E-state index in [1.807, 2.05) is 30.3 Å². The minimum Gasteiger partial charge on any atom is -0.229 e. The van der Waals surface area contributed by atoms with Gasteiger partial charge in [0, 0.05) is 6.54 Å². The predicted octanol–water partition coefficient (Wildman–Crippen LogP) is 3.58. The molecule has 0 bridgehead atoms. The van der Waals surface area contributed by atoms with Crippen molar-refractivity contribution in [3.8, 4) is 0 Å². The van der Waals surface area contributed by atoms with Gasteiger partial charge in [0.2, 0.25) is 0 Å². The Hall–Kier alpha value is -0.950. The van der Waals surface area contributed by atoms with E-state index in [2.05, 4.69) is 16.6 Å². The Kier molecular flexibility index (Phi) is 5.37. The molecular weight excluding hydrogens is 328 g/mol. The molecule has 2 aromatic rings. The summed E-state index contributed by atoms with van der Waals surface area (Å²) in [5.41, 5.74) is 1.64. The average Bonchev–Trinajstić information content (AvgIpc) is 2.79. The maximum atomic E-state index is 12.2. The second-order valence-corrected chi connectivity index (χ2v) is 8.38. The van der Waals surface area contributed by atoms with Gasteiger partial charge in [-0.15, -0.1) is 0 Å².